The quantitative estimate of drug-likeness (QED) is 0.421. The lowest BCUT2D eigenvalue weighted by Gasteiger charge is -2.33. The second-order valence-electron chi connectivity index (χ2n) is 5.44. The summed E-state index contributed by atoms with van der Waals surface area (Å²) in [5.41, 5.74) is 1.52. The maximum absolute atomic E-state index is 10.9. The Labute approximate surface area is 146 Å². The molecule has 0 aliphatic heterocycles. The number of carbonyl (C=O) groups is 1. The standard InChI is InChI=1S/C21H17NO3/c23-20(24)16-22-25-21(17-10-4-1-5-11-17,18-12-6-2-7-13-18)19-14-8-3-9-15-19/h1-16H,(H,23,24). The molecule has 0 radical (unpaired) electrons. The minimum atomic E-state index is -1.16. The molecule has 3 rings (SSSR count). The Morgan fingerprint density at radius 3 is 1.44 bits per heavy atom. The molecule has 1 N–H and O–H groups in total. The van der Waals surface area contributed by atoms with E-state index in [0.29, 0.717) is 0 Å². The van der Waals surface area contributed by atoms with Crippen LogP contribution in [0.5, 0.6) is 0 Å². The summed E-state index contributed by atoms with van der Waals surface area (Å²) in [5.74, 6) is -1.16. The zero-order chi connectivity index (χ0) is 17.5. The van der Waals surface area contributed by atoms with Crippen molar-refractivity contribution >= 4 is 12.2 Å². The number of carboxylic acids is 1. The number of carboxylic acid groups (broad SMARTS) is 1. The molecule has 0 spiro atoms. The molecule has 0 aliphatic carbocycles. The predicted molar refractivity (Wildman–Crippen MR) is 96.4 cm³/mol. The summed E-state index contributed by atoms with van der Waals surface area (Å²) in [6, 6.07) is 28.9. The van der Waals surface area contributed by atoms with Gasteiger partial charge in [-0.25, -0.2) is 4.79 Å². The summed E-state index contributed by atoms with van der Waals surface area (Å²) >= 11 is 0. The summed E-state index contributed by atoms with van der Waals surface area (Å²) in [4.78, 5) is 16.8. The van der Waals surface area contributed by atoms with E-state index in [2.05, 4.69) is 5.16 Å². The molecular formula is C21H17NO3. The van der Waals surface area contributed by atoms with Gasteiger partial charge in [0, 0.05) is 16.7 Å². The number of aliphatic carboxylic acids is 1. The maximum atomic E-state index is 10.9. The monoisotopic (exact) mass is 331 g/mol. The van der Waals surface area contributed by atoms with Crippen LogP contribution in [0.2, 0.25) is 0 Å². The Kier molecular flexibility index (Phi) is 4.90. The van der Waals surface area contributed by atoms with Crippen LogP contribution in [0.3, 0.4) is 0 Å². The van der Waals surface area contributed by atoms with Gasteiger partial charge in [-0.05, 0) is 0 Å². The number of hydrogen-bond donors (Lipinski definition) is 1. The van der Waals surface area contributed by atoms with Gasteiger partial charge in [0.05, 0.1) is 0 Å². The van der Waals surface area contributed by atoms with Crippen molar-refractivity contribution in [3.8, 4) is 0 Å². The fourth-order valence-corrected chi connectivity index (χ4v) is 2.83. The number of oxime groups is 1. The molecule has 0 saturated carbocycles. The molecule has 124 valence electrons. The molecule has 0 aromatic heterocycles. The van der Waals surface area contributed by atoms with E-state index in [1.165, 1.54) is 0 Å². The molecular weight excluding hydrogens is 314 g/mol. The topological polar surface area (TPSA) is 58.9 Å². The zero-order valence-corrected chi connectivity index (χ0v) is 13.4. The van der Waals surface area contributed by atoms with Crippen molar-refractivity contribution in [3.05, 3.63) is 108 Å². The van der Waals surface area contributed by atoms with E-state index >= 15 is 0 Å². The van der Waals surface area contributed by atoms with Crippen molar-refractivity contribution in [2.24, 2.45) is 5.16 Å². The third kappa shape index (κ3) is 3.43. The largest absolute Gasteiger partial charge is 0.477 e. The van der Waals surface area contributed by atoms with E-state index in [0.717, 1.165) is 22.9 Å². The van der Waals surface area contributed by atoms with E-state index in [1.807, 2.05) is 91.0 Å². The average Bonchev–Trinajstić information content (AvgIpc) is 2.67. The lowest BCUT2D eigenvalue weighted by atomic mass is 9.80. The molecule has 0 aliphatic rings. The van der Waals surface area contributed by atoms with Crippen LogP contribution in [0.25, 0.3) is 0 Å². The van der Waals surface area contributed by atoms with Crippen molar-refractivity contribution in [2.45, 2.75) is 5.60 Å². The minimum absolute atomic E-state index is 0.754. The highest BCUT2D eigenvalue weighted by Crippen LogP contribution is 2.40. The van der Waals surface area contributed by atoms with Gasteiger partial charge in [-0.2, -0.15) is 0 Å². The Bertz CT molecular complexity index is 749. The van der Waals surface area contributed by atoms with Crippen molar-refractivity contribution < 1.29 is 14.7 Å². The van der Waals surface area contributed by atoms with Crippen LogP contribution < -0.4 is 0 Å². The van der Waals surface area contributed by atoms with Gasteiger partial charge in [0.1, 0.15) is 0 Å². The number of nitrogens with zero attached hydrogens (tertiary/aromatic N) is 1. The van der Waals surface area contributed by atoms with Gasteiger partial charge >= 0.3 is 5.97 Å². The molecule has 4 heteroatoms. The zero-order valence-electron chi connectivity index (χ0n) is 13.4. The lowest BCUT2D eigenvalue weighted by Crippen LogP contribution is -2.31. The number of benzene rings is 3. The van der Waals surface area contributed by atoms with E-state index in [-0.39, 0.29) is 0 Å². The molecule has 25 heavy (non-hydrogen) atoms. The first-order valence-corrected chi connectivity index (χ1v) is 7.84. The van der Waals surface area contributed by atoms with Crippen molar-refractivity contribution in [2.75, 3.05) is 0 Å². The summed E-state index contributed by atoms with van der Waals surface area (Å²) < 4.78 is 0. The van der Waals surface area contributed by atoms with Crippen molar-refractivity contribution in [1.82, 2.24) is 0 Å². The molecule has 3 aromatic rings. The predicted octanol–water partition coefficient (Wildman–Crippen LogP) is 4.07. The van der Waals surface area contributed by atoms with Crippen molar-refractivity contribution in [1.29, 1.82) is 0 Å². The molecule has 3 aromatic carbocycles. The Hall–Kier alpha value is -3.40. The SMILES string of the molecule is O=C(O)C=NOC(c1ccccc1)(c1ccccc1)c1ccccc1. The normalized spacial score (nSPS) is 11.4. The fourth-order valence-electron chi connectivity index (χ4n) is 2.83. The van der Waals surface area contributed by atoms with E-state index in [4.69, 9.17) is 9.94 Å². The Balaban J connectivity index is 2.25. The van der Waals surface area contributed by atoms with Crippen LogP contribution in [0, 0.1) is 0 Å². The third-order valence-corrected chi connectivity index (χ3v) is 3.89. The van der Waals surface area contributed by atoms with Crippen LogP contribution >= 0.6 is 0 Å². The molecule has 0 amide bonds. The Morgan fingerprint density at radius 1 is 0.760 bits per heavy atom. The second kappa shape index (κ2) is 7.45. The van der Waals surface area contributed by atoms with Gasteiger partial charge in [-0.3, -0.25) is 0 Å². The highest BCUT2D eigenvalue weighted by atomic mass is 16.7. The van der Waals surface area contributed by atoms with E-state index in [1.54, 1.807) is 0 Å². The van der Waals surface area contributed by atoms with Crippen molar-refractivity contribution in [3.63, 3.8) is 0 Å². The van der Waals surface area contributed by atoms with Crippen LogP contribution in [0.1, 0.15) is 16.7 Å². The molecule has 0 unspecified atom stereocenters. The van der Waals surface area contributed by atoms with Gasteiger partial charge in [-0.1, -0.05) is 96.2 Å². The van der Waals surface area contributed by atoms with Gasteiger partial charge in [0.15, 0.2) is 6.21 Å². The third-order valence-electron chi connectivity index (χ3n) is 3.89. The van der Waals surface area contributed by atoms with Crippen LogP contribution in [-0.4, -0.2) is 17.3 Å². The number of rotatable bonds is 6. The lowest BCUT2D eigenvalue weighted by molar-refractivity contribution is -0.129. The summed E-state index contributed by atoms with van der Waals surface area (Å²) in [7, 11) is 0. The molecule has 0 fully saturated rings. The highest BCUT2D eigenvalue weighted by molar-refractivity contribution is 6.21. The highest BCUT2D eigenvalue weighted by Gasteiger charge is 2.39. The molecule has 4 nitrogen and oxygen atoms in total. The maximum Gasteiger partial charge on any atom is 0.350 e. The van der Waals surface area contributed by atoms with Crippen LogP contribution in [0.15, 0.2) is 96.2 Å². The smallest absolute Gasteiger partial charge is 0.350 e. The first-order valence-electron chi connectivity index (χ1n) is 7.84. The summed E-state index contributed by atoms with van der Waals surface area (Å²) in [6.45, 7) is 0. The first-order chi connectivity index (χ1) is 12.2. The number of hydrogen-bond acceptors (Lipinski definition) is 3. The van der Waals surface area contributed by atoms with Gasteiger partial charge in [-0.15, -0.1) is 0 Å². The first kappa shape index (κ1) is 16.5. The minimum Gasteiger partial charge on any atom is -0.477 e. The molecule has 0 saturated heterocycles. The van der Waals surface area contributed by atoms with Crippen LogP contribution in [-0.2, 0) is 15.2 Å². The van der Waals surface area contributed by atoms with E-state index in [9.17, 15) is 4.79 Å². The van der Waals surface area contributed by atoms with E-state index < -0.39 is 11.6 Å². The average molecular weight is 331 g/mol. The summed E-state index contributed by atoms with van der Waals surface area (Å²) in [6.07, 6.45) is 0.754. The van der Waals surface area contributed by atoms with Gasteiger partial charge in [0.2, 0.25) is 5.60 Å². The van der Waals surface area contributed by atoms with Gasteiger partial charge < -0.3 is 9.94 Å². The molecule has 0 bridgehead atoms. The van der Waals surface area contributed by atoms with Gasteiger partial charge in [0.25, 0.3) is 0 Å². The second-order valence-corrected chi connectivity index (χ2v) is 5.44. The van der Waals surface area contributed by atoms with Crippen LogP contribution in [0.4, 0.5) is 0 Å². The molecule has 0 atom stereocenters. The summed E-state index contributed by atoms with van der Waals surface area (Å²) in [5, 5.41) is 12.6. The Morgan fingerprint density at radius 2 is 1.12 bits per heavy atom. The molecule has 0 heterocycles. The fraction of sp³-hybridized carbons (Fsp3) is 0.0476.